The zero-order chi connectivity index (χ0) is 12.5. The summed E-state index contributed by atoms with van der Waals surface area (Å²) in [6.45, 7) is 4.34. The molecule has 1 nitrogen and oxygen atoms in total. The average Bonchev–Trinajstić information content (AvgIpc) is 3.03. The fraction of sp³-hybridized carbons (Fsp3) is 0.375. The highest BCUT2D eigenvalue weighted by atomic mass is 32.1. The van der Waals surface area contributed by atoms with Gasteiger partial charge in [-0.15, -0.1) is 11.3 Å². The molecule has 1 N–H and O–H groups in total. The van der Waals surface area contributed by atoms with E-state index in [9.17, 15) is 0 Å². The van der Waals surface area contributed by atoms with Crippen LogP contribution < -0.4 is 5.32 Å². The van der Waals surface area contributed by atoms with Gasteiger partial charge in [0.15, 0.2) is 0 Å². The van der Waals surface area contributed by atoms with Gasteiger partial charge < -0.3 is 5.32 Å². The second-order valence-corrected chi connectivity index (χ2v) is 6.27. The largest absolute Gasteiger partial charge is 0.377 e. The van der Waals surface area contributed by atoms with Crippen molar-refractivity contribution in [2.75, 3.05) is 5.32 Å². The van der Waals surface area contributed by atoms with E-state index >= 15 is 0 Å². The lowest BCUT2D eigenvalue weighted by Crippen LogP contribution is -2.12. The molecule has 1 aliphatic rings. The van der Waals surface area contributed by atoms with Gasteiger partial charge in [-0.25, -0.2) is 0 Å². The smallest absolute Gasteiger partial charge is 0.0634 e. The van der Waals surface area contributed by atoms with Crippen LogP contribution in [0.4, 0.5) is 5.69 Å². The van der Waals surface area contributed by atoms with Gasteiger partial charge in [-0.1, -0.05) is 23.8 Å². The predicted molar refractivity (Wildman–Crippen MR) is 79.3 cm³/mol. The first-order valence-electron chi connectivity index (χ1n) is 6.61. The van der Waals surface area contributed by atoms with E-state index in [1.54, 1.807) is 0 Å². The normalized spacial score (nSPS) is 16.6. The third-order valence-corrected chi connectivity index (χ3v) is 4.59. The van der Waals surface area contributed by atoms with Crippen molar-refractivity contribution in [3.63, 3.8) is 0 Å². The molecule has 1 aliphatic carbocycles. The van der Waals surface area contributed by atoms with Gasteiger partial charge in [0.25, 0.3) is 0 Å². The Bertz CT molecular complexity index is 526. The van der Waals surface area contributed by atoms with Gasteiger partial charge in [0, 0.05) is 10.6 Å². The summed E-state index contributed by atoms with van der Waals surface area (Å²) in [7, 11) is 0. The summed E-state index contributed by atoms with van der Waals surface area (Å²) in [6.07, 6.45) is 2.72. The summed E-state index contributed by atoms with van der Waals surface area (Å²) in [5, 5.41) is 5.92. The maximum atomic E-state index is 3.75. The molecule has 94 valence electrons. The third-order valence-electron chi connectivity index (χ3n) is 3.64. The van der Waals surface area contributed by atoms with Crippen LogP contribution in [0.25, 0.3) is 0 Å². The van der Waals surface area contributed by atoms with E-state index < -0.39 is 0 Å². The predicted octanol–water partition coefficient (Wildman–Crippen LogP) is 4.93. The number of anilines is 1. The molecule has 1 atom stereocenters. The molecule has 0 radical (unpaired) electrons. The molecular formula is C16H19NS. The van der Waals surface area contributed by atoms with Crippen molar-refractivity contribution in [3.8, 4) is 0 Å². The summed E-state index contributed by atoms with van der Waals surface area (Å²) in [5.74, 6) is 0.823. The standard InChI is InChI=1S/C16H19NS/c1-11-5-8-14(12(2)10-11)17-16(13-6-7-13)15-4-3-9-18-15/h3-5,8-10,13,16-17H,6-7H2,1-2H3. The van der Waals surface area contributed by atoms with Crippen LogP contribution in [0.5, 0.6) is 0 Å². The molecule has 0 spiro atoms. The van der Waals surface area contributed by atoms with Crippen molar-refractivity contribution >= 4 is 17.0 Å². The average molecular weight is 257 g/mol. The highest BCUT2D eigenvalue weighted by molar-refractivity contribution is 7.10. The van der Waals surface area contributed by atoms with Crippen LogP contribution >= 0.6 is 11.3 Å². The highest BCUT2D eigenvalue weighted by Crippen LogP contribution is 2.44. The summed E-state index contributed by atoms with van der Waals surface area (Å²) in [4.78, 5) is 1.47. The Morgan fingerprint density at radius 3 is 2.67 bits per heavy atom. The number of hydrogen-bond donors (Lipinski definition) is 1. The number of benzene rings is 1. The van der Waals surface area contributed by atoms with E-state index in [0.717, 1.165) is 5.92 Å². The third kappa shape index (κ3) is 2.44. The minimum Gasteiger partial charge on any atom is -0.377 e. The van der Waals surface area contributed by atoms with E-state index in [1.165, 1.54) is 34.5 Å². The van der Waals surface area contributed by atoms with Crippen LogP contribution in [0, 0.1) is 19.8 Å². The van der Waals surface area contributed by atoms with Crippen LogP contribution in [0.15, 0.2) is 35.7 Å². The van der Waals surface area contributed by atoms with E-state index in [2.05, 4.69) is 54.9 Å². The first kappa shape index (κ1) is 11.8. The van der Waals surface area contributed by atoms with Gasteiger partial charge >= 0.3 is 0 Å². The maximum absolute atomic E-state index is 3.75. The summed E-state index contributed by atoms with van der Waals surface area (Å²) in [5.41, 5.74) is 3.96. The van der Waals surface area contributed by atoms with Crippen molar-refractivity contribution in [2.45, 2.75) is 32.7 Å². The summed E-state index contributed by atoms with van der Waals surface area (Å²) < 4.78 is 0. The fourth-order valence-electron chi connectivity index (χ4n) is 2.46. The van der Waals surface area contributed by atoms with Crippen LogP contribution in [0.2, 0.25) is 0 Å². The van der Waals surface area contributed by atoms with Crippen molar-refractivity contribution in [1.82, 2.24) is 0 Å². The number of hydrogen-bond acceptors (Lipinski definition) is 2. The summed E-state index contributed by atoms with van der Waals surface area (Å²) >= 11 is 1.87. The van der Waals surface area contributed by atoms with Gasteiger partial charge in [-0.05, 0) is 55.7 Å². The molecular weight excluding hydrogens is 238 g/mol. The molecule has 1 saturated carbocycles. The zero-order valence-electron chi connectivity index (χ0n) is 10.9. The second kappa shape index (κ2) is 4.77. The lowest BCUT2D eigenvalue weighted by molar-refractivity contribution is 0.690. The Kier molecular flexibility index (Phi) is 3.13. The number of aryl methyl sites for hydroxylation is 2. The highest BCUT2D eigenvalue weighted by Gasteiger charge is 2.33. The van der Waals surface area contributed by atoms with Crippen molar-refractivity contribution in [3.05, 3.63) is 51.7 Å². The van der Waals surface area contributed by atoms with E-state index in [0.29, 0.717) is 6.04 Å². The molecule has 0 saturated heterocycles. The molecule has 3 rings (SSSR count). The van der Waals surface area contributed by atoms with Gasteiger partial charge in [0.2, 0.25) is 0 Å². The van der Waals surface area contributed by atoms with E-state index in [4.69, 9.17) is 0 Å². The lowest BCUT2D eigenvalue weighted by atomic mass is 10.1. The molecule has 1 fully saturated rings. The lowest BCUT2D eigenvalue weighted by Gasteiger charge is -2.20. The number of rotatable bonds is 4. The minimum absolute atomic E-state index is 0.506. The van der Waals surface area contributed by atoms with Crippen LogP contribution in [-0.2, 0) is 0 Å². The first-order chi connectivity index (χ1) is 8.74. The monoisotopic (exact) mass is 257 g/mol. The Labute approximate surface area is 113 Å². The minimum atomic E-state index is 0.506. The first-order valence-corrected chi connectivity index (χ1v) is 7.49. The Morgan fingerprint density at radius 1 is 1.22 bits per heavy atom. The van der Waals surface area contributed by atoms with Gasteiger partial charge in [0.1, 0.15) is 0 Å². The van der Waals surface area contributed by atoms with Gasteiger partial charge in [0.05, 0.1) is 6.04 Å². The molecule has 1 aromatic heterocycles. The van der Waals surface area contributed by atoms with Crippen LogP contribution in [0.1, 0.15) is 34.9 Å². The Hall–Kier alpha value is -1.28. The molecule has 0 amide bonds. The SMILES string of the molecule is Cc1ccc(NC(c2cccs2)C2CC2)c(C)c1. The fourth-order valence-corrected chi connectivity index (χ4v) is 3.33. The molecule has 1 aromatic carbocycles. The van der Waals surface area contributed by atoms with Crippen LogP contribution in [0.3, 0.4) is 0 Å². The van der Waals surface area contributed by atoms with E-state index in [-0.39, 0.29) is 0 Å². The summed E-state index contributed by atoms with van der Waals surface area (Å²) in [6, 6.07) is 11.6. The number of nitrogens with one attached hydrogen (secondary N) is 1. The Balaban J connectivity index is 1.84. The molecule has 18 heavy (non-hydrogen) atoms. The van der Waals surface area contributed by atoms with Crippen molar-refractivity contribution < 1.29 is 0 Å². The molecule has 2 heteroatoms. The molecule has 0 bridgehead atoms. The maximum Gasteiger partial charge on any atom is 0.0634 e. The van der Waals surface area contributed by atoms with Gasteiger partial charge in [-0.2, -0.15) is 0 Å². The van der Waals surface area contributed by atoms with Crippen LogP contribution in [-0.4, -0.2) is 0 Å². The molecule has 2 aromatic rings. The molecule has 1 unspecified atom stereocenters. The topological polar surface area (TPSA) is 12.0 Å². The van der Waals surface area contributed by atoms with Crippen molar-refractivity contribution in [2.24, 2.45) is 5.92 Å². The number of thiophene rings is 1. The quantitative estimate of drug-likeness (QED) is 0.819. The van der Waals surface area contributed by atoms with E-state index in [1.807, 2.05) is 11.3 Å². The molecule has 0 aliphatic heterocycles. The second-order valence-electron chi connectivity index (χ2n) is 5.29. The van der Waals surface area contributed by atoms with Gasteiger partial charge in [-0.3, -0.25) is 0 Å². The molecule has 1 heterocycles. The van der Waals surface area contributed by atoms with Crippen molar-refractivity contribution in [1.29, 1.82) is 0 Å². The Morgan fingerprint density at radius 2 is 2.06 bits per heavy atom. The zero-order valence-corrected chi connectivity index (χ0v) is 11.8.